The molecule has 0 atom stereocenters. The summed E-state index contributed by atoms with van der Waals surface area (Å²) in [5.41, 5.74) is 0.296. The zero-order valence-corrected chi connectivity index (χ0v) is 12.9. The summed E-state index contributed by atoms with van der Waals surface area (Å²) < 4.78 is 37.4. The third-order valence-corrected chi connectivity index (χ3v) is 4.27. The third kappa shape index (κ3) is 3.56. The Bertz CT molecular complexity index is 732. The van der Waals surface area contributed by atoms with E-state index in [-0.39, 0.29) is 15.8 Å². The topological polar surface area (TPSA) is 77.5 Å². The van der Waals surface area contributed by atoms with Gasteiger partial charge in [-0.3, -0.25) is 4.72 Å². The van der Waals surface area contributed by atoms with Crippen molar-refractivity contribution < 1.29 is 17.9 Å². The summed E-state index contributed by atoms with van der Waals surface area (Å²) in [4.78, 5) is 3.79. The van der Waals surface area contributed by atoms with Crippen LogP contribution < -0.4 is 14.2 Å². The molecule has 0 fully saturated rings. The van der Waals surface area contributed by atoms with Crippen molar-refractivity contribution in [1.29, 1.82) is 0 Å². The summed E-state index contributed by atoms with van der Waals surface area (Å²) in [5.74, 6) is 0.621. The molecule has 1 aromatic heterocycles. The largest absolute Gasteiger partial charge is 0.497 e. The minimum atomic E-state index is -3.84. The average molecular weight is 329 g/mol. The van der Waals surface area contributed by atoms with Crippen molar-refractivity contribution >= 4 is 27.3 Å². The predicted octanol–water partition coefficient (Wildman–Crippen LogP) is 2.55. The van der Waals surface area contributed by atoms with Crippen LogP contribution in [0.5, 0.6) is 11.5 Å². The highest BCUT2D eigenvalue weighted by Crippen LogP contribution is 2.29. The van der Waals surface area contributed by atoms with Crippen LogP contribution >= 0.6 is 11.6 Å². The van der Waals surface area contributed by atoms with Crippen molar-refractivity contribution in [3.63, 3.8) is 0 Å². The van der Waals surface area contributed by atoms with Crippen LogP contribution in [0.1, 0.15) is 0 Å². The van der Waals surface area contributed by atoms with Gasteiger partial charge in [0.1, 0.15) is 21.5 Å². The van der Waals surface area contributed by atoms with Gasteiger partial charge in [0, 0.05) is 6.07 Å². The number of pyridine rings is 1. The minimum absolute atomic E-state index is 0.0284. The summed E-state index contributed by atoms with van der Waals surface area (Å²) in [6.45, 7) is 0. The van der Waals surface area contributed by atoms with E-state index in [0.29, 0.717) is 11.4 Å². The molecule has 0 aliphatic heterocycles. The first-order valence-corrected chi connectivity index (χ1v) is 7.69. The molecule has 2 aromatic rings. The average Bonchev–Trinajstić information content (AvgIpc) is 2.48. The number of ether oxygens (including phenoxy) is 2. The van der Waals surface area contributed by atoms with Crippen molar-refractivity contribution in [2.24, 2.45) is 0 Å². The molecule has 1 N–H and O–H groups in total. The fraction of sp³-hybridized carbons (Fsp3) is 0.154. The molecular formula is C13H13ClN2O4S. The van der Waals surface area contributed by atoms with Crippen molar-refractivity contribution in [2.45, 2.75) is 4.90 Å². The summed E-state index contributed by atoms with van der Waals surface area (Å²) in [6.07, 6.45) is 1.33. The summed E-state index contributed by atoms with van der Waals surface area (Å²) >= 11 is 5.66. The van der Waals surface area contributed by atoms with Crippen LogP contribution in [-0.2, 0) is 10.0 Å². The number of nitrogens with one attached hydrogen (secondary N) is 1. The van der Waals surface area contributed by atoms with Crippen LogP contribution in [0.4, 0.5) is 5.69 Å². The van der Waals surface area contributed by atoms with Gasteiger partial charge in [-0.25, -0.2) is 13.4 Å². The van der Waals surface area contributed by atoms with Crippen LogP contribution in [-0.4, -0.2) is 27.6 Å². The van der Waals surface area contributed by atoms with Crippen LogP contribution in [0.3, 0.4) is 0 Å². The first kappa shape index (κ1) is 15.4. The van der Waals surface area contributed by atoms with Gasteiger partial charge in [-0.05, 0) is 24.3 Å². The molecule has 0 radical (unpaired) electrons. The van der Waals surface area contributed by atoms with E-state index in [2.05, 4.69) is 9.71 Å². The number of aromatic nitrogens is 1. The number of hydrogen-bond donors (Lipinski definition) is 1. The summed E-state index contributed by atoms with van der Waals surface area (Å²) in [5, 5.41) is 0.275. The molecular weight excluding hydrogens is 316 g/mol. The number of rotatable bonds is 5. The van der Waals surface area contributed by atoms with E-state index in [4.69, 9.17) is 21.1 Å². The SMILES string of the molecule is COc1ccc(OC)c(S(=O)(=O)Nc2ccc(Cl)nc2)c1. The van der Waals surface area contributed by atoms with Gasteiger partial charge in [-0.2, -0.15) is 0 Å². The highest BCUT2D eigenvalue weighted by atomic mass is 35.5. The smallest absolute Gasteiger partial charge is 0.265 e. The van der Waals surface area contributed by atoms with Crippen LogP contribution in [0, 0.1) is 0 Å². The Balaban J connectivity index is 2.41. The zero-order chi connectivity index (χ0) is 15.5. The number of anilines is 1. The number of hydrogen-bond acceptors (Lipinski definition) is 5. The van der Waals surface area contributed by atoms with Gasteiger partial charge in [-0.1, -0.05) is 11.6 Å². The van der Waals surface area contributed by atoms with Crippen molar-refractivity contribution in [2.75, 3.05) is 18.9 Å². The molecule has 112 valence electrons. The van der Waals surface area contributed by atoms with Gasteiger partial charge in [0.25, 0.3) is 10.0 Å². The molecule has 0 amide bonds. The van der Waals surface area contributed by atoms with Gasteiger partial charge in [-0.15, -0.1) is 0 Å². The highest BCUT2D eigenvalue weighted by Gasteiger charge is 2.20. The molecule has 0 saturated heterocycles. The van der Waals surface area contributed by atoms with E-state index < -0.39 is 10.0 Å². The predicted molar refractivity (Wildman–Crippen MR) is 79.6 cm³/mol. The van der Waals surface area contributed by atoms with Gasteiger partial charge in [0.15, 0.2) is 0 Å². The number of nitrogens with zero attached hydrogens (tertiary/aromatic N) is 1. The van der Waals surface area contributed by atoms with E-state index in [1.54, 1.807) is 6.07 Å². The quantitative estimate of drug-likeness (QED) is 0.853. The number of benzene rings is 1. The Morgan fingerprint density at radius 3 is 2.48 bits per heavy atom. The fourth-order valence-electron chi connectivity index (χ4n) is 1.64. The molecule has 0 bridgehead atoms. The molecule has 8 heteroatoms. The lowest BCUT2D eigenvalue weighted by Crippen LogP contribution is -2.14. The molecule has 0 saturated carbocycles. The Kier molecular flexibility index (Phi) is 4.54. The highest BCUT2D eigenvalue weighted by molar-refractivity contribution is 7.92. The molecule has 2 rings (SSSR count). The van der Waals surface area contributed by atoms with E-state index in [1.807, 2.05) is 0 Å². The summed E-state index contributed by atoms with van der Waals surface area (Å²) in [7, 11) is -0.993. The third-order valence-electron chi connectivity index (χ3n) is 2.64. The maximum Gasteiger partial charge on any atom is 0.265 e. The zero-order valence-electron chi connectivity index (χ0n) is 11.3. The van der Waals surface area contributed by atoms with Gasteiger partial charge < -0.3 is 9.47 Å². The Morgan fingerprint density at radius 1 is 1.14 bits per heavy atom. The monoisotopic (exact) mass is 328 g/mol. The lowest BCUT2D eigenvalue weighted by Gasteiger charge is -2.12. The van der Waals surface area contributed by atoms with Crippen molar-refractivity contribution in [1.82, 2.24) is 4.98 Å². The first-order chi connectivity index (χ1) is 9.96. The number of sulfonamides is 1. The van der Waals surface area contributed by atoms with Gasteiger partial charge >= 0.3 is 0 Å². The van der Waals surface area contributed by atoms with Crippen LogP contribution in [0.25, 0.3) is 0 Å². The van der Waals surface area contributed by atoms with E-state index >= 15 is 0 Å². The normalized spacial score (nSPS) is 11.0. The molecule has 21 heavy (non-hydrogen) atoms. The first-order valence-electron chi connectivity index (χ1n) is 5.82. The number of methoxy groups -OCH3 is 2. The van der Waals surface area contributed by atoms with E-state index in [0.717, 1.165) is 0 Å². The van der Waals surface area contributed by atoms with Crippen LogP contribution in [0.15, 0.2) is 41.4 Å². The molecule has 6 nitrogen and oxygen atoms in total. The second-order valence-corrected chi connectivity index (χ2v) is 6.03. The molecule has 0 unspecified atom stereocenters. The summed E-state index contributed by atoms with van der Waals surface area (Å²) in [6, 6.07) is 7.52. The van der Waals surface area contributed by atoms with Crippen molar-refractivity contribution in [3.05, 3.63) is 41.7 Å². The number of halogens is 1. The van der Waals surface area contributed by atoms with Crippen molar-refractivity contribution in [3.8, 4) is 11.5 Å². The van der Waals surface area contributed by atoms with E-state index in [1.165, 1.54) is 44.7 Å². The molecule has 1 heterocycles. The second-order valence-electron chi connectivity index (χ2n) is 3.99. The van der Waals surface area contributed by atoms with Gasteiger partial charge in [0.05, 0.1) is 26.1 Å². The Morgan fingerprint density at radius 2 is 1.90 bits per heavy atom. The van der Waals surface area contributed by atoms with Crippen LogP contribution in [0.2, 0.25) is 5.15 Å². The Labute approximate surface area is 127 Å². The second kappa shape index (κ2) is 6.19. The molecule has 0 spiro atoms. The fourth-order valence-corrected chi connectivity index (χ4v) is 2.98. The molecule has 1 aromatic carbocycles. The molecule has 0 aliphatic carbocycles. The Hall–Kier alpha value is -1.99. The lowest BCUT2D eigenvalue weighted by atomic mass is 10.3. The lowest BCUT2D eigenvalue weighted by molar-refractivity contribution is 0.392. The maximum atomic E-state index is 12.4. The minimum Gasteiger partial charge on any atom is -0.497 e. The van der Waals surface area contributed by atoms with Gasteiger partial charge in [0.2, 0.25) is 0 Å². The standard InChI is InChI=1S/C13H13ClN2O4S/c1-19-10-4-5-11(20-2)12(7-10)21(17,18)16-9-3-6-13(14)15-8-9/h3-8,16H,1-2H3. The van der Waals surface area contributed by atoms with E-state index in [9.17, 15) is 8.42 Å². The molecule has 0 aliphatic rings. The maximum absolute atomic E-state index is 12.4.